The fraction of sp³-hybridized carbons (Fsp3) is 0.560. The Morgan fingerprint density at radius 1 is 1.12 bits per heavy atom. The number of amides is 3. The summed E-state index contributed by atoms with van der Waals surface area (Å²) in [4.78, 5) is 41.6. The third-order valence-electron chi connectivity index (χ3n) is 6.84. The molecule has 7 heteroatoms. The highest BCUT2D eigenvalue weighted by atomic mass is 16.3. The number of carbonyl (C=O) groups is 3. The summed E-state index contributed by atoms with van der Waals surface area (Å²) in [6.45, 7) is 6.14. The number of para-hydroxylation sites is 1. The van der Waals surface area contributed by atoms with E-state index >= 15 is 0 Å². The van der Waals surface area contributed by atoms with Gasteiger partial charge in [0.1, 0.15) is 6.04 Å². The number of hydrogen-bond acceptors (Lipinski definition) is 4. The summed E-state index contributed by atoms with van der Waals surface area (Å²) < 4.78 is 0. The highest BCUT2D eigenvalue weighted by molar-refractivity contribution is 6.02. The molecule has 5 atom stereocenters. The van der Waals surface area contributed by atoms with Crippen LogP contribution in [-0.4, -0.2) is 54.0 Å². The van der Waals surface area contributed by atoms with Crippen LogP contribution in [0.1, 0.15) is 37.3 Å². The zero-order chi connectivity index (χ0) is 23.4. The topological polar surface area (TPSA) is 98.7 Å². The molecule has 7 nitrogen and oxygen atoms in total. The molecule has 1 aromatic carbocycles. The predicted molar refractivity (Wildman–Crippen MR) is 124 cm³/mol. The van der Waals surface area contributed by atoms with E-state index in [1.54, 1.807) is 11.9 Å². The molecule has 1 heterocycles. The van der Waals surface area contributed by atoms with Gasteiger partial charge in [0.05, 0.1) is 11.8 Å². The van der Waals surface area contributed by atoms with Crippen molar-refractivity contribution in [3.8, 4) is 0 Å². The van der Waals surface area contributed by atoms with E-state index in [4.69, 9.17) is 0 Å². The number of allylic oxidation sites excluding steroid dienone is 1. The predicted octanol–water partition coefficient (Wildman–Crippen LogP) is 2.42. The lowest BCUT2D eigenvalue weighted by Crippen LogP contribution is -2.45. The van der Waals surface area contributed by atoms with Gasteiger partial charge in [-0.05, 0) is 43.7 Å². The standard InChI is InChI=1S/C25H35N3O4/c1-5-8-17-11-12-18-20(19(17)23(30)26-4)25(32)28(13-7-14-29)22(18)24(31)27-21-15(2)9-6-10-16(21)3/h6,9-12,17-20,22,29H,5,7-8,13-14H2,1-4H3,(H,26,30)(H,27,31)/t17-,18+,19-,20+,22+/m1/s1. The molecule has 0 saturated carbocycles. The highest BCUT2D eigenvalue weighted by Gasteiger charge is 2.56. The molecule has 1 saturated heterocycles. The lowest BCUT2D eigenvalue weighted by Gasteiger charge is -2.34. The Morgan fingerprint density at radius 2 is 1.81 bits per heavy atom. The maximum Gasteiger partial charge on any atom is 0.247 e. The number of fused-ring (bicyclic) bond motifs is 1. The fourth-order valence-electron chi connectivity index (χ4n) is 5.32. The molecule has 0 radical (unpaired) electrons. The molecule has 174 valence electrons. The van der Waals surface area contributed by atoms with E-state index in [1.807, 2.05) is 44.2 Å². The number of carbonyl (C=O) groups excluding carboxylic acids is 3. The highest BCUT2D eigenvalue weighted by Crippen LogP contribution is 2.45. The molecule has 32 heavy (non-hydrogen) atoms. The number of anilines is 1. The Morgan fingerprint density at radius 3 is 2.41 bits per heavy atom. The van der Waals surface area contributed by atoms with E-state index in [2.05, 4.69) is 17.6 Å². The second-order valence-corrected chi connectivity index (χ2v) is 8.89. The lowest BCUT2D eigenvalue weighted by molar-refractivity contribution is -0.140. The van der Waals surface area contributed by atoms with Gasteiger partial charge in [-0.1, -0.05) is 43.7 Å². The minimum atomic E-state index is -0.718. The van der Waals surface area contributed by atoms with E-state index < -0.39 is 17.9 Å². The van der Waals surface area contributed by atoms with Gasteiger partial charge in [-0.25, -0.2) is 0 Å². The average molecular weight is 442 g/mol. The summed E-state index contributed by atoms with van der Waals surface area (Å²) in [5, 5.41) is 15.2. The van der Waals surface area contributed by atoms with Gasteiger partial charge in [-0.15, -0.1) is 0 Å². The van der Waals surface area contributed by atoms with Crippen molar-refractivity contribution in [1.82, 2.24) is 10.2 Å². The van der Waals surface area contributed by atoms with Gasteiger partial charge in [-0.3, -0.25) is 14.4 Å². The molecule has 1 aromatic rings. The Hall–Kier alpha value is -2.67. The first-order valence-electron chi connectivity index (χ1n) is 11.5. The van der Waals surface area contributed by atoms with Crippen LogP contribution in [0, 0.1) is 37.5 Å². The molecule has 3 rings (SSSR count). The summed E-state index contributed by atoms with van der Waals surface area (Å²) in [7, 11) is 1.59. The summed E-state index contributed by atoms with van der Waals surface area (Å²) in [6.07, 6.45) is 6.08. The molecule has 0 unspecified atom stereocenters. The number of aliphatic hydroxyl groups excluding tert-OH is 1. The van der Waals surface area contributed by atoms with E-state index in [9.17, 15) is 19.5 Å². The normalized spacial score (nSPS) is 26.7. The van der Waals surface area contributed by atoms with Crippen molar-refractivity contribution < 1.29 is 19.5 Å². The van der Waals surface area contributed by atoms with Gasteiger partial charge < -0.3 is 20.6 Å². The van der Waals surface area contributed by atoms with Crippen molar-refractivity contribution in [2.24, 2.45) is 23.7 Å². The second-order valence-electron chi connectivity index (χ2n) is 8.89. The first-order valence-corrected chi connectivity index (χ1v) is 11.5. The van der Waals surface area contributed by atoms with Crippen LogP contribution < -0.4 is 10.6 Å². The number of rotatable bonds is 8. The molecular weight excluding hydrogens is 406 g/mol. The summed E-state index contributed by atoms with van der Waals surface area (Å²) >= 11 is 0. The molecule has 3 N–H and O–H groups in total. The van der Waals surface area contributed by atoms with E-state index in [0.717, 1.165) is 29.7 Å². The van der Waals surface area contributed by atoms with Gasteiger partial charge in [0.25, 0.3) is 0 Å². The van der Waals surface area contributed by atoms with Crippen molar-refractivity contribution in [3.05, 3.63) is 41.5 Å². The van der Waals surface area contributed by atoms with Gasteiger partial charge in [0.2, 0.25) is 17.7 Å². The van der Waals surface area contributed by atoms with Gasteiger partial charge in [-0.2, -0.15) is 0 Å². The van der Waals surface area contributed by atoms with Crippen LogP contribution in [0.3, 0.4) is 0 Å². The molecule has 1 aliphatic carbocycles. The van der Waals surface area contributed by atoms with Crippen molar-refractivity contribution in [1.29, 1.82) is 0 Å². The Kier molecular flexibility index (Phi) is 7.72. The smallest absolute Gasteiger partial charge is 0.247 e. The van der Waals surface area contributed by atoms with E-state index in [1.165, 1.54) is 0 Å². The van der Waals surface area contributed by atoms with Crippen molar-refractivity contribution in [3.63, 3.8) is 0 Å². The molecule has 0 spiro atoms. The number of nitrogens with one attached hydrogen (secondary N) is 2. The van der Waals surface area contributed by atoms with Crippen molar-refractivity contribution in [2.75, 3.05) is 25.5 Å². The van der Waals surface area contributed by atoms with E-state index in [0.29, 0.717) is 6.42 Å². The number of benzene rings is 1. The van der Waals surface area contributed by atoms with Gasteiger partial charge in [0, 0.05) is 31.8 Å². The molecule has 2 aliphatic rings. The maximum atomic E-state index is 13.6. The second kappa shape index (κ2) is 10.3. The molecular formula is C25H35N3O4. The van der Waals surface area contributed by atoms with Crippen molar-refractivity contribution in [2.45, 2.75) is 46.1 Å². The number of aryl methyl sites for hydroxylation is 2. The molecule has 0 bridgehead atoms. The third kappa shape index (κ3) is 4.44. The number of likely N-dealkylation sites (tertiary alicyclic amines) is 1. The minimum Gasteiger partial charge on any atom is -0.396 e. The van der Waals surface area contributed by atoms with Crippen LogP contribution in [0.25, 0.3) is 0 Å². The van der Waals surface area contributed by atoms with Gasteiger partial charge >= 0.3 is 0 Å². The molecule has 1 fully saturated rings. The van der Waals surface area contributed by atoms with Crippen LogP contribution in [0.5, 0.6) is 0 Å². The fourth-order valence-corrected chi connectivity index (χ4v) is 5.32. The Balaban J connectivity index is 1.99. The van der Waals surface area contributed by atoms with Crippen LogP contribution in [0.4, 0.5) is 5.69 Å². The number of nitrogens with zero attached hydrogens (tertiary/aromatic N) is 1. The third-order valence-corrected chi connectivity index (χ3v) is 6.84. The molecule has 3 amide bonds. The van der Waals surface area contributed by atoms with E-state index in [-0.39, 0.29) is 42.7 Å². The largest absolute Gasteiger partial charge is 0.396 e. The zero-order valence-electron chi connectivity index (χ0n) is 19.4. The maximum absolute atomic E-state index is 13.6. The lowest BCUT2D eigenvalue weighted by atomic mass is 9.68. The summed E-state index contributed by atoms with van der Waals surface area (Å²) in [5.74, 6) is -2.10. The average Bonchev–Trinajstić information content (AvgIpc) is 3.06. The quantitative estimate of drug-likeness (QED) is 0.540. The molecule has 1 aliphatic heterocycles. The molecule has 0 aromatic heterocycles. The minimum absolute atomic E-state index is 0.0368. The van der Waals surface area contributed by atoms with Crippen molar-refractivity contribution >= 4 is 23.4 Å². The SMILES string of the molecule is CCC[C@@H]1C=C[C@H]2[C@H](C(=O)N(CCCO)[C@@H]2C(=O)Nc2c(C)cccc2C)[C@@H]1C(=O)NC. The summed E-state index contributed by atoms with van der Waals surface area (Å²) in [5.41, 5.74) is 2.65. The van der Waals surface area contributed by atoms with Crippen LogP contribution in [0.15, 0.2) is 30.4 Å². The summed E-state index contributed by atoms with van der Waals surface area (Å²) in [6, 6.07) is 5.09. The van der Waals surface area contributed by atoms with Crippen LogP contribution >= 0.6 is 0 Å². The van der Waals surface area contributed by atoms with Gasteiger partial charge in [0.15, 0.2) is 0 Å². The Bertz CT molecular complexity index is 877. The number of aliphatic hydroxyl groups is 1. The monoisotopic (exact) mass is 441 g/mol. The Labute approximate surface area is 190 Å². The first kappa shape index (κ1) is 24.0. The number of hydrogen-bond donors (Lipinski definition) is 3. The first-order chi connectivity index (χ1) is 15.3. The zero-order valence-corrected chi connectivity index (χ0v) is 19.4. The van der Waals surface area contributed by atoms with Crippen LogP contribution in [0.2, 0.25) is 0 Å². The van der Waals surface area contributed by atoms with Crippen LogP contribution in [-0.2, 0) is 14.4 Å².